The lowest BCUT2D eigenvalue weighted by Crippen LogP contribution is -2.44. The molecule has 0 bridgehead atoms. The maximum Gasteiger partial charge on any atom is 0.257 e. The van der Waals surface area contributed by atoms with Crippen molar-refractivity contribution in [1.29, 1.82) is 0 Å². The van der Waals surface area contributed by atoms with Crippen LogP contribution in [0, 0.1) is 6.92 Å². The molecule has 2 heterocycles. The van der Waals surface area contributed by atoms with E-state index < -0.39 is 0 Å². The van der Waals surface area contributed by atoms with Crippen LogP contribution in [0.25, 0.3) is 0 Å². The molecule has 1 aromatic rings. The van der Waals surface area contributed by atoms with Crippen LogP contribution in [0.15, 0.2) is 16.7 Å². The number of aryl methyl sites for hydroxylation is 1. The van der Waals surface area contributed by atoms with Gasteiger partial charge in [-0.25, -0.2) is 0 Å². The third kappa shape index (κ3) is 2.63. The van der Waals surface area contributed by atoms with Crippen molar-refractivity contribution in [2.24, 2.45) is 0 Å². The number of Topliss-reactive ketones (excluding diaryl/α,β-unsaturated/α-hetero) is 1. The predicted molar refractivity (Wildman–Crippen MR) is 67.4 cm³/mol. The van der Waals surface area contributed by atoms with Gasteiger partial charge in [-0.15, -0.1) is 0 Å². The second-order valence-electron chi connectivity index (χ2n) is 4.94. The summed E-state index contributed by atoms with van der Waals surface area (Å²) in [6.07, 6.45) is 5.01. The van der Waals surface area contributed by atoms with Crippen molar-refractivity contribution in [3.63, 3.8) is 0 Å². The first-order chi connectivity index (χ1) is 8.59. The summed E-state index contributed by atoms with van der Waals surface area (Å²) in [7, 11) is 0. The number of carbonyl (C=O) groups is 2. The van der Waals surface area contributed by atoms with Crippen molar-refractivity contribution in [2.45, 2.75) is 45.6 Å². The average molecular weight is 249 g/mol. The van der Waals surface area contributed by atoms with E-state index in [4.69, 9.17) is 4.42 Å². The zero-order valence-electron chi connectivity index (χ0n) is 10.9. The lowest BCUT2D eigenvalue weighted by molar-refractivity contribution is -0.118. The van der Waals surface area contributed by atoms with E-state index >= 15 is 0 Å². The number of hydrogen-bond donors (Lipinski definition) is 0. The second-order valence-corrected chi connectivity index (χ2v) is 4.94. The Labute approximate surface area is 107 Å². The molecule has 98 valence electrons. The highest BCUT2D eigenvalue weighted by Gasteiger charge is 2.29. The summed E-state index contributed by atoms with van der Waals surface area (Å²) in [5, 5.41) is 0. The monoisotopic (exact) mass is 249 g/mol. The van der Waals surface area contributed by atoms with E-state index in [1.165, 1.54) is 6.26 Å². The highest BCUT2D eigenvalue weighted by Crippen LogP contribution is 2.23. The highest BCUT2D eigenvalue weighted by molar-refractivity contribution is 5.95. The van der Waals surface area contributed by atoms with Crippen LogP contribution in [0.4, 0.5) is 0 Å². The molecule has 4 heteroatoms. The van der Waals surface area contributed by atoms with Gasteiger partial charge in [0.1, 0.15) is 11.5 Å². The van der Waals surface area contributed by atoms with Crippen molar-refractivity contribution < 1.29 is 14.0 Å². The number of piperidine rings is 1. The topological polar surface area (TPSA) is 50.5 Å². The number of amides is 1. The predicted octanol–water partition coefficient (Wildman–Crippen LogP) is 2.56. The standard InChI is InChI=1S/C14H19NO3/c1-10(16)9-12-5-3-4-7-15(12)14(17)13-6-8-18-11(13)2/h6,8,12H,3-5,7,9H2,1-2H3. The molecule has 1 saturated heterocycles. The van der Waals surface area contributed by atoms with Crippen molar-refractivity contribution in [3.05, 3.63) is 23.7 Å². The first kappa shape index (κ1) is 12.9. The maximum atomic E-state index is 12.4. The largest absolute Gasteiger partial charge is 0.469 e. The summed E-state index contributed by atoms with van der Waals surface area (Å²) < 4.78 is 5.18. The number of hydrogen-bond acceptors (Lipinski definition) is 3. The Hall–Kier alpha value is -1.58. The van der Waals surface area contributed by atoms with E-state index in [0.717, 1.165) is 25.8 Å². The summed E-state index contributed by atoms with van der Waals surface area (Å²) in [4.78, 5) is 25.5. The Morgan fingerprint density at radius 2 is 2.22 bits per heavy atom. The van der Waals surface area contributed by atoms with Crippen LogP contribution in [-0.4, -0.2) is 29.2 Å². The number of rotatable bonds is 3. The van der Waals surface area contributed by atoms with Crippen molar-refractivity contribution in [2.75, 3.05) is 6.54 Å². The van der Waals surface area contributed by atoms with Gasteiger partial charge in [-0.05, 0) is 39.2 Å². The van der Waals surface area contributed by atoms with E-state index in [0.29, 0.717) is 17.7 Å². The highest BCUT2D eigenvalue weighted by atomic mass is 16.3. The zero-order valence-corrected chi connectivity index (χ0v) is 10.9. The molecule has 0 N–H and O–H groups in total. The van der Waals surface area contributed by atoms with Gasteiger partial charge in [-0.2, -0.15) is 0 Å². The molecule has 1 atom stereocenters. The van der Waals surface area contributed by atoms with Gasteiger partial charge in [0.25, 0.3) is 5.91 Å². The van der Waals surface area contributed by atoms with E-state index in [2.05, 4.69) is 0 Å². The molecule has 1 unspecified atom stereocenters. The molecule has 1 amide bonds. The summed E-state index contributed by atoms with van der Waals surface area (Å²) >= 11 is 0. The molecule has 18 heavy (non-hydrogen) atoms. The van der Waals surface area contributed by atoms with Gasteiger partial charge in [0, 0.05) is 19.0 Å². The number of ketones is 1. The fraction of sp³-hybridized carbons (Fsp3) is 0.571. The molecule has 4 nitrogen and oxygen atoms in total. The van der Waals surface area contributed by atoms with Crippen LogP contribution in [0.2, 0.25) is 0 Å². The Kier molecular flexibility index (Phi) is 3.84. The molecule has 1 aromatic heterocycles. The minimum atomic E-state index is -0.00722. The van der Waals surface area contributed by atoms with Crippen LogP contribution in [0.1, 0.15) is 48.7 Å². The molecule has 2 rings (SSSR count). The molecule has 0 radical (unpaired) electrons. The second kappa shape index (κ2) is 5.38. The van der Waals surface area contributed by atoms with Crippen LogP contribution < -0.4 is 0 Å². The quantitative estimate of drug-likeness (QED) is 0.827. The van der Waals surface area contributed by atoms with Crippen molar-refractivity contribution >= 4 is 11.7 Å². The Bertz CT molecular complexity index is 450. The van der Waals surface area contributed by atoms with Gasteiger partial charge in [-0.3, -0.25) is 9.59 Å². The van der Waals surface area contributed by atoms with Gasteiger partial charge >= 0.3 is 0 Å². The van der Waals surface area contributed by atoms with Gasteiger partial charge in [-0.1, -0.05) is 0 Å². The Morgan fingerprint density at radius 1 is 1.44 bits per heavy atom. The Balaban J connectivity index is 2.16. The lowest BCUT2D eigenvalue weighted by Gasteiger charge is -2.35. The first-order valence-corrected chi connectivity index (χ1v) is 6.44. The van der Waals surface area contributed by atoms with Crippen LogP contribution in [0.5, 0.6) is 0 Å². The SMILES string of the molecule is CC(=O)CC1CCCCN1C(=O)c1ccoc1C. The molecule has 1 aliphatic heterocycles. The zero-order chi connectivity index (χ0) is 13.1. The molecule has 0 saturated carbocycles. The van der Waals surface area contributed by atoms with Gasteiger partial charge in [0.2, 0.25) is 0 Å². The van der Waals surface area contributed by atoms with Crippen LogP contribution in [-0.2, 0) is 4.79 Å². The van der Waals surface area contributed by atoms with Crippen LogP contribution in [0.3, 0.4) is 0 Å². The molecular formula is C14H19NO3. The third-order valence-electron chi connectivity index (χ3n) is 3.50. The minimum Gasteiger partial charge on any atom is -0.469 e. The first-order valence-electron chi connectivity index (χ1n) is 6.44. The molecule has 0 spiro atoms. The summed E-state index contributed by atoms with van der Waals surface area (Å²) in [5.74, 6) is 0.781. The Morgan fingerprint density at radius 3 is 2.83 bits per heavy atom. The molecule has 1 aliphatic rings. The number of likely N-dealkylation sites (tertiary alicyclic amines) is 1. The summed E-state index contributed by atoms with van der Waals surface area (Å²) in [6.45, 7) is 4.11. The molecule has 1 fully saturated rings. The van der Waals surface area contributed by atoms with Crippen molar-refractivity contribution in [1.82, 2.24) is 4.90 Å². The molecule has 0 aromatic carbocycles. The maximum absolute atomic E-state index is 12.4. The lowest BCUT2D eigenvalue weighted by atomic mass is 9.97. The average Bonchev–Trinajstić information content (AvgIpc) is 2.74. The third-order valence-corrected chi connectivity index (χ3v) is 3.50. The fourth-order valence-electron chi connectivity index (χ4n) is 2.57. The van der Waals surface area contributed by atoms with E-state index in [9.17, 15) is 9.59 Å². The normalized spacial score (nSPS) is 19.9. The molecular weight excluding hydrogens is 230 g/mol. The van der Waals surface area contributed by atoms with Gasteiger partial charge < -0.3 is 9.32 Å². The smallest absolute Gasteiger partial charge is 0.257 e. The minimum absolute atomic E-state index is 0.00722. The van der Waals surface area contributed by atoms with Crippen molar-refractivity contribution in [3.8, 4) is 0 Å². The van der Waals surface area contributed by atoms with Crippen LogP contribution >= 0.6 is 0 Å². The van der Waals surface area contributed by atoms with Gasteiger partial charge in [0.15, 0.2) is 0 Å². The van der Waals surface area contributed by atoms with E-state index in [1.807, 2.05) is 4.90 Å². The van der Waals surface area contributed by atoms with E-state index in [1.54, 1.807) is 19.9 Å². The summed E-state index contributed by atoms with van der Waals surface area (Å²) in [6, 6.07) is 1.76. The number of carbonyl (C=O) groups excluding carboxylic acids is 2. The fourth-order valence-corrected chi connectivity index (χ4v) is 2.57. The van der Waals surface area contributed by atoms with E-state index in [-0.39, 0.29) is 17.7 Å². The number of nitrogens with zero attached hydrogens (tertiary/aromatic N) is 1. The summed E-state index contributed by atoms with van der Waals surface area (Å²) in [5.41, 5.74) is 0.616. The van der Waals surface area contributed by atoms with Gasteiger partial charge in [0.05, 0.1) is 11.8 Å². The number of furan rings is 1. The molecule has 0 aliphatic carbocycles.